The third-order valence-electron chi connectivity index (χ3n) is 4.32. The van der Waals surface area contributed by atoms with Crippen LogP contribution >= 0.6 is 11.3 Å². The van der Waals surface area contributed by atoms with E-state index < -0.39 is 0 Å². The number of hydrogen-bond acceptors (Lipinski definition) is 4. The summed E-state index contributed by atoms with van der Waals surface area (Å²) in [7, 11) is 2.00. The van der Waals surface area contributed by atoms with Crippen molar-refractivity contribution in [2.24, 2.45) is 5.41 Å². The van der Waals surface area contributed by atoms with E-state index >= 15 is 0 Å². The maximum atomic E-state index is 4.87. The van der Waals surface area contributed by atoms with Crippen LogP contribution in [0.25, 0.3) is 4.96 Å². The standard InChI is InChI=1S/C15H24N4S/c1-15(2)5-4-7-18(8-6-15)13-12(11-16-3)19-9-10-20-14(19)17-13/h9-10,16H,4-8,11H2,1-3H3. The Labute approximate surface area is 124 Å². The fourth-order valence-electron chi connectivity index (χ4n) is 3.04. The Hall–Kier alpha value is -1.07. The second kappa shape index (κ2) is 5.37. The Morgan fingerprint density at radius 1 is 1.35 bits per heavy atom. The van der Waals surface area contributed by atoms with Gasteiger partial charge in [-0.15, -0.1) is 11.3 Å². The van der Waals surface area contributed by atoms with Crippen molar-refractivity contribution in [1.82, 2.24) is 14.7 Å². The van der Waals surface area contributed by atoms with E-state index in [0.29, 0.717) is 5.41 Å². The van der Waals surface area contributed by atoms with Crippen molar-refractivity contribution in [3.8, 4) is 0 Å². The summed E-state index contributed by atoms with van der Waals surface area (Å²) in [5, 5.41) is 5.39. The molecule has 2 aromatic heterocycles. The lowest BCUT2D eigenvalue weighted by atomic mass is 9.85. The molecule has 3 rings (SSSR count). The number of fused-ring (bicyclic) bond motifs is 1. The molecule has 0 amide bonds. The fourth-order valence-corrected chi connectivity index (χ4v) is 3.77. The van der Waals surface area contributed by atoms with E-state index in [0.717, 1.165) is 24.6 Å². The molecule has 0 saturated carbocycles. The molecular formula is C15H24N4S. The highest BCUT2D eigenvalue weighted by molar-refractivity contribution is 7.15. The molecule has 0 aliphatic carbocycles. The van der Waals surface area contributed by atoms with Crippen LogP contribution in [0.5, 0.6) is 0 Å². The van der Waals surface area contributed by atoms with E-state index in [1.165, 1.54) is 30.8 Å². The van der Waals surface area contributed by atoms with E-state index in [9.17, 15) is 0 Å². The predicted molar refractivity (Wildman–Crippen MR) is 85.7 cm³/mol. The van der Waals surface area contributed by atoms with Crippen LogP contribution in [0.4, 0.5) is 5.82 Å². The van der Waals surface area contributed by atoms with Gasteiger partial charge in [0.1, 0.15) is 0 Å². The first-order valence-corrected chi connectivity index (χ1v) is 8.33. The van der Waals surface area contributed by atoms with Crippen LogP contribution in [0.2, 0.25) is 0 Å². The molecule has 1 aliphatic heterocycles. The van der Waals surface area contributed by atoms with Gasteiger partial charge in [-0.05, 0) is 31.7 Å². The minimum absolute atomic E-state index is 0.467. The maximum Gasteiger partial charge on any atom is 0.195 e. The number of rotatable bonds is 3. The number of nitrogens with zero attached hydrogens (tertiary/aromatic N) is 3. The summed E-state index contributed by atoms with van der Waals surface area (Å²) in [6.45, 7) is 7.89. The van der Waals surface area contributed by atoms with Gasteiger partial charge in [0.15, 0.2) is 10.8 Å². The molecule has 2 aromatic rings. The lowest BCUT2D eigenvalue weighted by Crippen LogP contribution is -2.27. The van der Waals surface area contributed by atoms with Gasteiger partial charge >= 0.3 is 0 Å². The van der Waals surface area contributed by atoms with Crippen molar-refractivity contribution >= 4 is 22.1 Å². The smallest absolute Gasteiger partial charge is 0.195 e. The predicted octanol–water partition coefficient (Wildman–Crippen LogP) is 3.13. The molecule has 3 heterocycles. The third-order valence-corrected chi connectivity index (χ3v) is 5.08. The molecular weight excluding hydrogens is 268 g/mol. The van der Waals surface area contributed by atoms with Gasteiger partial charge in [0.05, 0.1) is 5.69 Å². The number of thiazole rings is 1. The Bertz CT molecular complexity index is 584. The second-order valence-corrected chi connectivity index (χ2v) is 7.35. The van der Waals surface area contributed by atoms with Crippen LogP contribution in [0.1, 0.15) is 38.8 Å². The summed E-state index contributed by atoms with van der Waals surface area (Å²) in [5.41, 5.74) is 1.76. The largest absolute Gasteiger partial charge is 0.355 e. The molecule has 0 spiro atoms. The third kappa shape index (κ3) is 2.56. The molecule has 5 heteroatoms. The van der Waals surface area contributed by atoms with Crippen molar-refractivity contribution in [2.45, 2.75) is 39.7 Å². The Kier molecular flexibility index (Phi) is 3.73. The Balaban J connectivity index is 1.92. The molecule has 1 aliphatic rings. The summed E-state index contributed by atoms with van der Waals surface area (Å²) >= 11 is 1.71. The molecule has 0 atom stereocenters. The average molecular weight is 292 g/mol. The normalized spacial score (nSPS) is 19.4. The van der Waals surface area contributed by atoms with Gasteiger partial charge in [-0.1, -0.05) is 13.8 Å². The molecule has 0 unspecified atom stereocenters. The van der Waals surface area contributed by atoms with E-state index in [1.54, 1.807) is 11.3 Å². The number of imidazole rings is 1. The minimum Gasteiger partial charge on any atom is -0.355 e. The lowest BCUT2D eigenvalue weighted by molar-refractivity contribution is 0.325. The van der Waals surface area contributed by atoms with Crippen molar-refractivity contribution in [1.29, 1.82) is 0 Å². The van der Waals surface area contributed by atoms with E-state index in [2.05, 4.69) is 40.0 Å². The van der Waals surface area contributed by atoms with Crippen LogP contribution in [0, 0.1) is 5.41 Å². The monoisotopic (exact) mass is 292 g/mol. The summed E-state index contributed by atoms with van der Waals surface area (Å²) in [6.07, 6.45) is 5.95. The first kappa shape index (κ1) is 13.9. The molecule has 20 heavy (non-hydrogen) atoms. The van der Waals surface area contributed by atoms with Crippen molar-refractivity contribution < 1.29 is 0 Å². The number of aromatic nitrogens is 2. The summed E-state index contributed by atoms with van der Waals surface area (Å²) in [6, 6.07) is 0. The van der Waals surface area contributed by atoms with E-state index in [-0.39, 0.29) is 0 Å². The van der Waals surface area contributed by atoms with Gasteiger partial charge in [0, 0.05) is 31.2 Å². The van der Waals surface area contributed by atoms with Crippen LogP contribution in [0.15, 0.2) is 11.6 Å². The van der Waals surface area contributed by atoms with Crippen molar-refractivity contribution in [2.75, 3.05) is 25.0 Å². The van der Waals surface area contributed by atoms with Gasteiger partial charge < -0.3 is 10.2 Å². The molecule has 1 saturated heterocycles. The highest BCUT2D eigenvalue weighted by Gasteiger charge is 2.26. The molecule has 1 fully saturated rings. The van der Waals surface area contributed by atoms with Crippen LogP contribution in [-0.4, -0.2) is 29.5 Å². The zero-order valence-electron chi connectivity index (χ0n) is 12.6. The molecule has 1 N–H and O–H groups in total. The van der Waals surface area contributed by atoms with Gasteiger partial charge in [-0.3, -0.25) is 4.40 Å². The van der Waals surface area contributed by atoms with E-state index in [4.69, 9.17) is 4.98 Å². The zero-order chi connectivity index (χ0) is 14.2. The number of hydrogen-bond donors (Lipinski definition) is 1. The van der Waals surface area contributed by atoms with Crippen LogP contribution in [-0.2, 0) is 6.54 Å². The number of anilines is 1. The van der Waals surface area contributed by atoms with Crippen LogP contribution in [0.3, 0.4) is 0 Å². The van der Waals surface area contributed by atoms with Gasteiger partial charge in [0.25, 0.3) is 0 Å². The summed E-state index contributed by atoms with van der Waals surface area (Å²) in [4.78, 5) is 8.46. The average Bonchev–Trinajstić information content (AvgIpc) is 2.91. The van der Waals surface area contributed by atoms with Gasteiger partial charge in [-0.2, -0.15) is 0 Å². The Morgan fingerprint density at radius 2 is 2.20 bits per heavy atom. The topological polar surface area (TPSA) is 32.6 Å². The second-order valence-electron chi connectivity index (χ2n) is 6.47. The highest BCUT2D eigenvalue weighted by Crippen LogP contribution is 2.33. The lowest BCUT2D eigenvalue weighted by Gasteiger charge is -2.24. The summed E-state index contributed by atoms with van der Waals surface area (Å²) < 4.78 is 2.23. The quantitative estimate of drug-likeness (QED) is 0.943. The molecule has 0 radical (unpaired) electrons. The van der Waals surface area contributed by atoms with Crippen molar-refractivity contribution in [3.63, 3.8) is 0 Å². The highest BCUT2D eigenvalue weighted by atomic mass is 32.1. The van der Waals surface area contributed by atoms with Gasteiger partial charge in [-0.25, -0.2) is 4.98 Å². The molecule has 4 nitrogen and oxygen atoms in total. The molecule has 0 bridgehead atoms. The molecule has 110 valence electrons. The van der Waals surface area contributed by atoms with E-state index in [1.807, 2.05) is 7.05 Å². The van der Waals surface area contributed by atoms with Crippen molar-refractivity contribution in [3.05, 3.63) is 17.3 Å². The van der Waals surface area contributed by atoms with Gasteiger partial charge in [0.2, 0.25) is 0 Å². The SMILES string of the molecule is CNCc1c(N2CCCC(C)(C)CC2)nc2sccn12. The van der Waals surface area contributed by atoms with Crippen LogP contribution < -0.4 is 10.2 Å². The zero-order valence-corrected chi connectivity index (χ0v) is 13.5. The number of nitrogens with one attached hydrogen (secondary N) is 1. The molecule has 0 aromatic carbocycles. The Morgan fingerprint density at radius 3 is 3.00 bits per heavy atom. The maximum absolute atomic E-state index is 4.87. The first-order valence-electron chi connectivity index (χ1n) is 7.45. The summed E-state index contributed by atoms with van der Waals surface area (Å²) in [5.74, 6) is 1.18. The first-order chi connectivity index (χ1) is 9.61. The minimum atomic E-state index is 0.467. The fraction of sp³-hybridized carbons (Fsp3) is 0.667.